The van der Waals surface area contributed by atoms with Crippen LogP contribution in [-0.2, 0) is 85.7 Å². The average Bonchev–Trinajstić information content (AvgIpc) is 2.93. The zero-order valence-corrected chi connectivity index (χ0v) is 27.0. The van der Waals surface area contributed by atoms with Gasteiger partial charge in [-0.3, -0.25) is 33.6 Å². The number of carbonyl (C=O) groups excluding carboxylic acids is 7. The van der Waals surface area contributed by atoms with Crippen molar-refractivity contribution >= 4 is 41.8 Å². The maximum absolute atomic E-state index is 12.2. The van der Waals surface area contributed by atoms with Crippen molar-refractivity contribution in [2.45, 2.75) is 110 Å². The normalized spacial score (nSPS) is 30.1. The zero-order valence-electron chi connectivity index (χ0n) is 27.0. The molecule has 18 heteroatoms. The van der Waals surface area contributed by atoms with Gasteiger partial charge in [-0.05, 0) is 0 Å². The Morgan fingerprint density at radius 1 is 0.489 bits per heavy atom. The first-order chi connectivity index (χ1) is 22.0. The summed E-state index contributed by atoms with van der Waals surface area (Å²) in [6.45, 7) is 9.90. The molecule has 0 amide bonds. The second kappa shape index (κ2) is 18.3. The lowest BCUT2D eigenvalue weighted by molar-refractivity contribution is -0.333. The summed E-state index contributed by atoms with van der Waals surface area (Å²) in [7, 11) is 0. The van der Waals surface area contributed by atoms with Gasteiger partial charge in [-0.15, -0.1) is 6.58 Å². The van der Waals surface area contributed by atoms with Crippen LogP contribution in [0.4, 0.5) is 0 Å². The quantitative estimate of drug-likeness (QED) is 0.132. The lowest BCUT2D eigenvalue weighted by Crippen LogP contribution is -2.65. The molecule has 0 aliphatic carbocycles. The minimum absolute atomic E-state index is 0.110. The summed E-state index contributed by atoms with van der Waals surface area (Å²) in [5, 5.41) is 0. The summed E-state index contributed by atoms with van der Waals surface area (Å²) in [4.78, 5) is 84.1. The van der Waals surface area contributed by atoms with Gasteiger partial charge in [0.1, 0.15) is 18.8 Å². The van der Waals surface area contributed by atoms with E-state index in [0.29, 0.717) is 0 Å². The molecule has 2 heterocycles. The van der Waals surface area contributed by atoms with Gasteiger partial charge in [0.05, 0.1) is 13.2 Å². The molecule has 0 aromatic rings. The summed E-state index contributed by atoms with van der Waals surface area (Å²) in [5.41, 5.74) is 0. The van der Waals surface area contributed by atoms with Gasteiger partial charge in [0.25, 0.3) is 0 Å². The van der Waals surface area contributed by atoms with E-state index in [1.807, 2.05) is 0 Å². The smallest absolute Gasteiger partial charge is 0.303 e. The summed E-state index contributed by atoms with van der Waals surface area (Å²) in [5.74, 6) is -5.72. The molecule has 0 unspecified atom stereocenters. The molecule has 264 valence electrons. The average molecular weight is 677 g/mol. The monoisotopic (exact) mass is 676 g/mol. The topological polar surface area (TPSA) is 221 Å². The van der Waals surface area contributed by atoms with Crippen molar-refractivity contribution in [2.24, 2.45) is 0 Å². The van der Waals surface area contributed by atoms with Crippen molar-refractivity contribution in [1.29, 1.82) is 0 Å². The highest BCUT2D eigenvalue weighted by Gasteiger charge is 2.55. The number of ether oxygens (including phenoxy) is 11. The fourth-order valence-electron chi connectivity index (χ4n) is 4.80. The maximum atomic E-state index is 12.2. The summed E-state index contributed by atoms with van der Waals surface area (Å²) in [6, 6.07) is 0. The van der Waals surface area contributed by atoms with E-state index in [1.165, 1.54) is 6.08 Å². The van der Waals surface area contributed by atoms with Crippen molar-refractivity contribution in [3.8, 4) is 0 Å². The van der Waals surface area contributed by atoms with E-state index in [4.69, 9.17) is 52.1 Å². The molecule has 10 atom stereocenters. The number of rotatable bonds is 14. The lowest BCUT2D eigenvalue weighted by atomic mass is 9.97. The first kappa shape index (κ1) is 39.1. The van der Waals surface area contributed by atoms with Crippen LogP contribution in [0.5, 0.6) is 0 Å². The summed E-state index contributed by atoms with van der Waals surface area (Å²) >= 11 is 0. The molecule has 0 N–H and O–H groups in total. The third kappa shape index (κ3) is 12.2. The third-order valence-electron chi connectivity index (χ3n) is 6.25. The van der Waals surface area contributed by atoms with Crippen molar-refractivity contribution in [1.82, 2.24) is 0 Å². The Kier molecular flexibility index (Phi) is 15.2. The zero-order chi connectivity index (χ0) is 35.4. The van der Waals surface area contributed by atoms with Gasteiger partial charge in [0.15, 0.2) is 49.2 Å². The second-order valence-corrected chi connectivity index (χ2v) is 10.3. The summed E-state index contributed by atoms with van der Waals surface area (Å²) in [6.07, 6.45) is -13.2. The van der Waals surface area contributed by atoms with Gasteiger partial charge in [-0.2, -0.15) is 0 Å². The molecule has 0 radical (unpaired) electrons. The second-order valence-electron chi connectivity index (χ2n) is 10.3. The van der Waals surface area contributed by atoms with Crippen molar-refractivity contribution < 1.29 is 85.7 Å². The van der Waals surface area contributed by atoms with E-state index >= 15 is 0 Å². The summed E-state index contributed by atoms with van der Waals surface area (Å²) < 4.78 is 60.9. The van der Waals surface area contributed by atoms with Crippen LogP contribution in [-0.4, -0.2) is 123 Å². The third-order valence-corrected chi connectivity index (χ3v) is 6.25. The van der Waals surface area contributed by atoms with Crippen LogP contribution in [0.25, 0.3) is 0 Å². The number of carbonyl (C=O) groups is 7. The van der Waals surface area contributed by atoms with Gasteiger partial charge >= 0.3 is 41.8 Å². The fraction of sp³-hybridized carbons (Fsp3) is 0.690. The number of hydrogen-bond acceptors (Lipinski definition) is 18. The SMILES string of the molecule is C=CCO[C@@H]1O[C@H](CO[C@@H]2O[C@H](COC(C)=O)[C@H](OC(C)=O)[C@H](OC(C)=O)[C@H]2OC(C)=O)[C@H](OC(C)=O)[C@H](OC(C)=O)[C@H]1OC(C)=O. The van der Waals surface area contributed by atoms with E-state index < -0.39 is 116 Å². The van der Waals surface area contributed by atoms with Gasteiger partial charge in [-0.1, -0.05) is 6.08 Å². The molecule has 2 aliphatic heterocycles. The molecule has 0 saturated carbocycles. The van der Waals surface area contributed by atoms with Crippen LogP contribution in [0, 0.1) is 0 Å². The minimum Gasteiger partial charge on any atom is -0.463 e. The van der Waals surface area contributed by atoms with E-state index in [-0.39, 0.29) is 6.61 Å². The van der Waals surface area contributed by atoms with Crippen LogP contribution in [0.3, 0.4) is 0 Å². The molecule has 18 nitrogen and oxygen atoms in total. The Hall–Kier alpha value is -4.13. The van der Waals surface area contributed by atoms with Crippen LogP contribution in [0.2, 0.25) is 0 Å². The predicted octanol–water partition coefficient (Wildman–Crippen LogP) is -0.191. The van der Waals surface area contributed by atoms with Gasteiger partial charge in [0.2, 0.25) is 0 Å². The van der Waals surface area contributed by atoms with Gasteiger partial charge < -0.3 is 52.1 Å². The molecule has 47 heavy (non-hydrogen) atoms. The van der Waals surface area contributed by atoms with Crippen molar-refractivity contribution in [3.05, 3.63) is 12.7 Å². The number of hydrogen-bond donors (Lipinski definition) is 0. The standard InChI is InChI=1S/C29H40O18/c1-9-10-37-28-26(44-18(7)35)24(42-16(5)33)23(41-15(4)32)21(46-28)12-39-29-27(45-19(8)36)25(43-17(6)34)22(40-14(3)31)20(47-29)11-38-13(2)30/h9,20-29H,1,10-12H2,2-8H3/t20-,21-,22+,23+,24+,25+,26-,27-,28-,29-/m1/s1. The molecular formula is C29H40O18. The molecular weight excluding hydrogens is 636 g/mol. The van der Waals surface area contributed by atoms with E-state index in [0.717, 1.165) is 48.5 Å². The molecule has 0 aromatic heterocycles. The molecule has 2 saturated heterocycles. The fourth-order valence-corrected chi connectivity index (χ4v) is 4.80. The molecule has 0 aromatic carbocycles. The van der Waals surface area contributed by atoms with Gasteiger partial charge in [0, 0.05) is 48.5 Å². The van der Waals surface area contributed by atoms with Crippen LogP contribution in [0.1, 0.15) is 48.5 Å². The molecule has 2 aliphatic rings. The molecule has 2 fully saturated rings. The maximum Gasteiger partial charge on any atom is 0.303 e. The Morgan fingerprint density at radius 3 is 1.19 bits per heavy atom. The largest absolute Gasteiger partial charge is 0.463 e. The Balaban J connectivity index is 2.55. The highest BCUT2D eigenvalue weighted by atomic mass is 16.8. The highest BCUT2D eigenvalue weighted by Crippen LogP contribution is 2.33. The number of esters is 7. The Bertz CT molecular complexity index is 1170. The predicted molar refractivity (Wildman–Crippen MR) is 149 cm³/mol. The Labute approximate surface area is 270 Å². The lowest BCUT2D eigenvalue weighted by Gasteiger charge is -2.46. The molecule has 0 bridgehead atoms. The van der Waals surface area contributed by atoms with Crippen molar-refractivity contribution in [2.75, 3.05) is 19.8 Å². The molecule has 0 spiro atoms. The van der Waals surface area contributed by atoms with E-state index in [9.17, 15) is 33.6 Å². The van der Waals surface area contributed by atoms with Gasteiger partial charge in [-0.25, -0.2) is 0 Å². The molecule has 2 rings (SSSR count). The Morgan fingerprint density at radius 2 is 0.830 bits per heavy atom. The first-order valence-electron chi connectivity index (χ1n) is 14.4. The minimum atomic E-state index is -1.62. The van der Waals surface area contributed by atoms with E-state index in [1.54, 1.807) is 0 Å². The van der Waals surface area contributed by atoms with Crippen LogP contribution in [0.15, 0.2) is 12.7 Å². The first-order valence-corrected chi connectivity index (χ1v) is 14.4. The van der Waals surface area contributed by atoms with Crippen molar-refractivity contribution in [3.63, 3.8) is 0 Å². The highest BCUT2D eigenvalue weighted by molar-refractivity contribution is 5.69. The van der Waals surface area contributed by atoms with Crippen LogP contribution < -0.4 is 0 Å². The van der Waals surface area contributed by atoms with E-state index in [2.05, 4.69) is 6.58 Å². The van der Waals surface area contributed by atoms with Crippen LogP contribution >= 0.6 is 0 Å².